The Morgan fingerprint density at radius 2 is 1.73 bits per heavy atom. The van der Waals surface area contributed by atoms with E-state index in [9.17, 15) is 14.7 Å². The van der Waals surface area contributed by atoms with Gasteiger partial charge in [-0.25, -0.2) is 0 Å². The number of nitrogens with zero attached hydrogens (tertiary/aromatic N) is 2. The largest absolute Gasteiger partial charge is 0.507 e. The number of amides is 1. The molecule has 0 spiro atoms. The SMILES string of the molecule is CCOc1ccc(/C(O)=C2/C(=O)C(=O)N(Cc3ccc(OC)cc3)C2c2cccnc2)cc1. The van der Waals surface area contributed by atoms with Crippen molar-refractivity contribution >= 4 is 17.4 Å². The predicted octanol–water partition coefficient (Wildman–Crippen LogP) is 4.11. The van der Waals surface area contributed by atoms with Crippen molar-refractivity contribution in [1.82, 2.24) is 9.88 Å². The summed E-state index contributed by atoms with van der Waals surface area (Å²) >= 11 is 0. The Kier molecular flexibility index (Phi) is 6.40. The lowest BCUT2D eigenvalue weighted by Gasteiger charge is -2.25. The van der Waals surface area contributed by atoms with Crippen LogP contribution in [0.25, 0.3) is 5.76 Å². The molecule has 0 radical (unpaired) electrons. The van der Waals surface area contributed by atoms with Gasteiger partial charge < -0.3 is 19.5 Å². The van der Waals surface area contributed by atoms with Crippen LogP contribution in [0.1, 0.15) is 29.7 Å². The average molecular weight is 444 g/mol. The molecule has 168 valence electrons. The number of hydrogen-bond donors (Lipinski definition) is 1. The molecule has 1 atom stereocenters. The molecule has 1 saturated heterocycles. The molecule has 7 nitrogen and oxygen atoms in total. The van der Waals surface area contributed by atoms with Crippen molar-refractivity contribution in [2.75, 3.05) is 13.7 Å². The van der Waals surface area contributed by atoms with Crippen LogP contribution >= 0.6 is 0 Å². The van der Waals surface area contributed by atoms with E-state index >= 15 is 0 Å². The van der Waals surface area contributed by atoms with E-state index in [1.807, 2.05) is 19.1 Å². The molecule has 1 aromatic heterocycles. The van der Waals surface area contributed by atoms with Crippen molar-refractivity contribution < 1.29 is 24.2 Å². The van der Waals surface area contributed by atoms with E-state index in [0.29, 0.717) is 29.2 Å². The third-order valence-electron chi connectivity index (χ3n) is 5.49. The Morgan fingerprint density at radius 3 is 2.33 bits per heavy atom. The summed E-state index contributed by atoms with van der Waals surface area (Å²) in [4.78, 5) is 31.8. The molecule has 7 heteroatoms. The van der Waals surface area contributed by atoms with E-state index in [4.69, 9.17) is 9.47 Å². The fourth-order valence-electron chi connectivity index (χ4n) is 3.89. The molecular weight excluding hydrogens is 420 g/mol. The van der Waals surface area contributed by atoms with Gasteiger partial charge in [0.15, 0.2) is 0 Å². The highest BCUT2D eigenvalue weighted by molar-refractivity contribution is 6.46. The van der Waals surface area contributed by atoms with Crippen LogP contribution in [0.3, 0.4) is 0 Å². The standard InChI is InChI=1S/C26H24N2O5/c1-3-33-21-12-8-18(9-13-21)24(29)22-23(19-5-4-14-27-15-19)28(26(31)25(22)30)16-17-6-10-20(32-2)11-7-17/h4-15,23,29H,3,16H2,1-2H3/b24-22-. The molecule has 2 heterocycles. The van der Waals surface area contributed by atoms with Crippen LogP contribution in [-0.4, -0.2) is 40.4 Å². The zero-order chi connectivity index (χ0) is 23.4. The van der Waals surface area contributed by atoms with E-state index in [-0.39, 0.29) is 17.9 Å². The van der Waals surface area contributed by atoms with E-state index in [2.05, 4.69) is 4.98 Å². The quantitative estimate of drug-likeness (QED) is 0.335. The number of benzene rings is 2. The molecule has 1 unspecified atom stereocenters. The van der Waals surface area contributed by atoms with Gasteiger partial charge in [-0.2, -0.15) is 0 Å². The van der Waals surface area contributed by atoms with Crippen LogP contribution in [0.5, 0.6) is 11.5 Å². The Bertz CT molecular complexity index is 1170. The highest BCUT2D eigenvalue weighted by Crippen LogP contribution is 2.40. The fraction of sp³-hybridized carbons (Fsp3) is 0.192. The first kappa shape index (κ1) is 22.1. The first-order valence-electron chi connectivity index (χ1n) is 10.6. The summed E-state index contributed by atoms with van der Waals surface area (Å²) in [5.41, 5.74) is 1.92. The van der Waals surface area contributed by atoms with Crippen LogP contribution in [0.15, 0.2) is 78.6 Å². The molecule has 1 aliphatic heterocycles. The lowest BCUT2D eigenvalue weighted by molar-refractivity contribution is -0.140. The van der Waals surface area contributed by atoms with Crippen molar-refractivity contribution in [3.8, 4) is 11.5 Å². The number of methoxy groups -OCH3 is 1. The highest BCUT2D eigenvalue weighted by Gasteiger charge is 2.46. The first-order chi connectivity index (χ1) is 16.0. The molecule has 1 N–H and O–H groups in total. The monoisotopic (exact) mass is 444 g/mol. The minimum Gasteiger partial charge on any atom is -0.507 e. The topological polar surface area (TPSA) is 89.0 Å². The van der Waals surface area contributed by atoms with Gasteiger partial charge in [0.25, 0.3) is 11.7 Å². The molecule has 2 aromatic carbocycles. The van der Waals surface area contributed by atoms with Gasteiger partial charge in [-0.15, -0.1) is 0 Å². The number of carbonyl (C=O) groups excluding carboxylic acids is 2. The number of hydrogen-bond acceptors (Lipinski definition) is 6. The Balaban J connectivity index is 1.77. The number of Topliss-reactive ketones (excluding diaryl/α,β-unsaturated/α-hetero) is 1. The second-order valence-corrected chi connectivity index (χ2v) is 7.52. The van der Waals surface area contributed by atoms with Gasteiger partial charge in [0.1, 0.15) is 17.3 Å². The Morgan fingerprint density at radius 1 is 1.03 bits per heavy atom. The predicted molar refractivity (Wildman–Crippen MR) is 123 cm³/mol. The van der Waals surface area contributed by atoms with Crippen molar-refractivity contribution in [2.45, 2.75) is 19.5 Å². The molecule has 33 heavy (non-hydrogen) atoms. The average Bonchev–Trinajstić information content (AvgIpc) is 3.10. The zero-order valence-electron chi connectivity index (χ0n) is 18.4. The lowest BCUT2D eigenvalue weighted by Crippen LogP contribution is -2.29. The van der Waals surface area contributed by atoms with E-state index in [0.717, 1.165) is 5.56 Å². The van der Waals surface area contributed by atoms with Gasteiger partial charge in [-0.05, 0) is 60.5 Å². The number of rotatable bonds is 7. The minimum absolute atomic E-state index is 0.0330. The summed E-state index contributed by atoms with van der Waals surface area (Å²) in [5, 5.41) is 11.1. The van der Waals surface area contributed by atoms with Gasteiger partial charge >= 0.3 is 0 Å². The van der Waals surface area contributed by atoms with Crippen molar-refractivity contribution in [3.05, 3.63) is 95.3 Å². The number of aliphatic hydroxyl groups is 1. The van der Waals surface area contributed by atoms with Gasteiger partial charge in [0, 0.05) is 24.5 Å². The molecule has 1 fully saturated rings. The van der Waals surface area contributed by atoms with Crippen LogP contribution < -0.4 is 9.47 Å². The fourth-order valence-corrected chi connectivity index (χ4v) is 3.89. The van der Waals surface area contributed by atoms with Gasteiger partial charge in [0.2, 0.25) is 0 Å². The molecule has 3 aromatic rings. The third kappa shape index (κ3) is 4.43. The second-order valence-electron chi connectivity index (χ2n) is 7.52. The van der Waals surface area contributed by atoms with E-state index in [1.165, 1.54) is 4.90 Å². The van der Waals surface area contributed by atoms with E-state index in [1.54, 1.807) is 68.0 Å². The minimum atomic E-state index is -0.771. The maximum atomic E-state index is 13.1. The Hall–Kier alpha value is -4.13. The first-order valence-corrected chi connectivity index (χ1v) is 10.6. The molecule has 0 saturated carbocycles. The number of ether oxygens (including phenoxy) is 2. The molecule has 1 aliphatic rings. The molecule has 0 bridgehead atoms. The summed E-state index contributed by atoms with van der Waals surface area (Å²) < 4.78 is 10.6. The number of aromatic nitrogens is 1. The van der Waals surface area contributed by atoms with Crippen molar-refractivity contribution in [2.24, 2.45) is 0 Å². The van der Waals surface area contributed by atoms with Crippen LogP contribution in [0.4, 0.5) is 0 Å². The normalized spacial score (nSPS) is 17.3. The van der Waals surface area contributed by atoms with E-state index < -0.39 is 17.7 Å². The zero-order valence-corrected chi connectivity index (χ0v) is 18.4. The second kappa shape index (κ2) is 9.56. The van der Waals surface area contributed by atoms with Crippen LogP contribution in [0.2, 0.25) is 0 Å². The summed E-state index contributed by atoms with van der Waals surface area (Å²) in [6, 6.07) is 16.8. The maximum Gasteiger partial charge on any atom is 0.295 e. The summed E-state index contributed by atoms with van der Waals surface area (Å²) in [7, 11) is 1.58. The molecule has 4 rings (SSSR count). The Labute approximate surface area is 191 Å². The molecule has 1 amide bonds. The van der Waals surface area contributed by atoms with Crippen molar-refractivity contribution in [3.63, 3.8) is 0 Å². The highest BCUT2D eigenvalue weighted by atomic mass is 16.5. The summed E-state index contributed by atoms with van der Waals surface area (Å²) in [6.45, 7) is 2.59. The lowest BCUT2D eigenvalue weighted by atomic mass is 9.96. The number of pyridine rings is 1. The third-order valence-corrected chi connectivity index (χ3v) is 5.49. The number of aliphatic hydroxyl groups excluding tert-OH is 1. The van der Waals surface area contributed by atoms with Crippen LogP contribution in [-0.2, 0) is 16.1 Å². The maximum absolute atomic E-state index is 13.1. The number of likely N-dealkylation sites (tertiary alicyclic amines) is 1. The van der Waals surface area contributed by atoms with Gasteiger partial charge in [-0.3, -0.25) is 14.6 Å². The van der Waals surface area contributed by atoms with Gasteiger partial charge in [-0.1, -0.05) is 18.2 Å². The van der Waals surface area contributed by atoms with Gasteiger partial charge in [0.05, 0.1) is 25.3 Å². The smallest absolute Gasteiger partial charge is 0.295 e. The molecular formula is C26H24N2O5. The summed E-state index contributed by atoms with van der Waals surface area (Å²) in [5.74, 6) is -0.295. The summed E-state index contributed by atoms with van der Waals surface area (Å²) in [6.07, 6.45) is 3.22. The molecule has 0 aliphatic carbocycles. The van der Waals surface area contributed by atoms with Crippen molar-refractivity contribution in [1.29, 1.82) is 0 Å². The number of carbonyl (C=O) groups is 2. The van der Waals surface area contributed by atoms with Crippen LogP contribution in [0, 0.1) is 0 Å². The number of ketones is 1.